The third kappa shape index (κ3) is 2.93. The molecule has 5 nitrogen and oxygen atoms in total. The predicted octanol–water partition coefficient (Wildman–Crippen LogP) is 2.70. The molecule has 0 N–H and O–H groups in total. The van der Waals surface area contributed by atoms with Crippen LogP contribution in [0.25, 0.3) is 10.8 Å². The van der Waals surface area contributed by atoms with Gasteiger partial charge in [-0.25, -0.2) is 4.68 Å². The fourth-order valence-corrected chi connectivity index (χ4v) is 2.75. The van der Waals surface area contributed by atoms with Gasteiger partial charge < -0.3 is 4.74 Å². The van der Waals surface area contributed by atoms with E-state index in [2.05, 4.69) is 5.10 Å². The van der Waals surface area contributed by atoms with Gasteiger partial charge in [0.05, 0.1) is 17.5 Å². The van der Waals surface area contributed by atoms with Crippen LogP contribution < -0.4 is 10.3 Å². The SMILES string of the molecule is Cc1cccc(C)c1OC(=O)Cc1nn(C)c(=O)c2ccccc12. The highest BCUT2D eigenvalue weighted by Crippen LogP contribution is 2.23. The van der Waals surface area contributed by atoms with Crippen molar-refractivity contribution in [1.29, 1.82) is 0 Å². The van der Waals surface area contributed by atoms with Crippen molar-refractivity contribution in [2.75, 3.05) is 0 Å². The molecular formula is C19H18N2O3. The molecule has 0 saturated heterocycles. The maximum absolute atomic E-state index is 12.4. The number of benzene rings is 2. The van der Waals surface area contributed by atoms with Crippen LogP contribution in [0.1, 0.15) is 16.8 Å². The van der Waals surface area contributed by atoms with E-state index in [1.54, 1.807) is 25.2 Å². The van der Waals surface area contributed by atoms with E-state index in [-0.39, 0.29) is 12.0 Å². The molecule has 0 unspecified atom stereocenters. The van der Waals surface area contributed by atoms with E-state index in [0.717, 1.165) is 11.1 Å². The van der Waals surface area contributed by atoms with E-state index in [1.165, 1.54) is 4.68 Å². The highest BCUT2D eigenvalue weighted by atomic mass is 16.5. The van der Waals surface area contributed by atoms with Gasteiger partial charge in [0.25, 0.3) is 5.56 Å². The molecule has 0 amide bonds. The number of fused-ring (bicyclic) bond motifs is 1. The Labute approximate surface area is 139 Å². The third-order valence-corrected chi connectivity index (χ3v) is 3.97. The molecule has 24 heavy (non-hydrogen) atoms. The molecule has 1 aromatic heterocycles. The summed E-state index contributed by atoms with van der Waals surface area (Å²) in [6, 6.07) is 12.9. The Morgan fingerprint density at radius 2 is 1.67 bits per heavy atom. The zero-order valence-corrected chi connectivity index (χ0v) is 13.9. The van der Waals surface area contributed by atoms with Gasteiger partial charge in [-0.1, -0.05) is 36.4 Å². The van der Waals surface area contributed by atoms with Crippen LogP contribution in [0, 0.1) is 13.8 Å². The Kier molecular flexibility index (Phi) is 4.16. The zero-order valence-electron chi connectivity index (χ0n) is 13.9. The van der Waals surface area contributed by atoms with Crippen LogP contribution in [-0.4, -0.2) is 15.7 Å². The van der Waals surface area contributed by atoms with Gasteiger partial charge in [-0.15, -0.1) is 0 Å². The van der Waals surface area contributed by atoms with Gasteiger partial charge >= 0.3 is 5.97 Å². The van der Waals surface area contributed by atoms with E-state index >= 15 is 0 Å². The largest absolute Gasteiger partial charge is 0.426 e. The van der Waals surface area contributed by atoms with Crippen molar-refractivity contribution in [1.82, 2.24) is 9.78 Å². The Morgan fingerprint density at radius 1 is 1.04 bits per heavy atom. The summed E-state index contributed by atoms with van der Waals surface area (Å²) in [7, 11) is 1.58. The van der Waals surface area contributed by atoms with Gasteiger partial charge in [-0.05, 0) is 31.0 Å². The lowest BCUT2D eigenvalue weighted by molar-refractivity contribution is -0.133. The number of hydrogen-bond donors (Lipinski definition) is 0. The number of aromatic nitrogens is 2. The molecule has 0 saturated carbocycles. The lowest BCUT2D eigenvalue weighted by atomic mass is 10.1. The molecule has 0 aliphatic carbocycles. The van der Waals surface area contributed by atoms with Crippen molar-refractivity contribution in [3.8, 4) is 5.75 Å². The molecule has 0 atom stereocenters. The highest BCUT2D eigenvalue weighted by molar-refractivity contribution is 5.87. The zero-order chi connectivity index (χ0) is 17.3. The van der Waals surface area contributed by atoms with E-state index in [0.29, 0.717) is 22.2 Å². The minimum atomic E-state index is -0.399. The monoisotopic (exact) mass is 322 g/mol. The minimum absolute atomic E-state index is 0.00239. The fraction of sp³-hybridized carbons (Fsp3) is 0.211. The molecular weight excluding hydrogens is 304 g/mol. The number of aryl methyl sites for hydroxylation is 3. The number of esters is 1. The van der Waals surface area contributed by atoms with Gasteiger partial charge in [-0.2, -0.15) is 5.10 Å². The van der Waals surface area contributed by atoms with Crippen LogP contribution in [0.2, 0.25) is 0 Å². The summed E-state index contributed by atoms with van der Waals surface area (Å²) in [6.07, 6.45) is 0.00239. The first-order chi connectivity index (χ1) is 11.5. The third-order valence-electron chi connectivity index (χ3n) is 3.97. The quantitative estimate of drug-likeness (QED) is 0.549. The van der Waals surface area contributed by atoms with Crippen molar-refractivity contribution < 1.29 is 9.53 Å². The number of hydrogen-bond acceptors (Lipinski definition) is 4. The first-order valence-electron chi connectivity index (χ1n) is 7.69. The maximum atomic E-state index is 12.4. The summed E-state index contributed by atoms with van der Waals surface area (Å²) < 4.78 is 6.79. The molecule has 3 rings (SSSR count). The number of ether oxygens (including phenoxy) is 1. The summed E-state index contributed by atoms with van der Waals surface area (Å²) in [5.74, 6) is 0.181. The fourth-order valence-electron chi connectivity index (χ4n) is 2.75. The van der Waals surface area contributed by atoms with Gasteiger partial charge in [0, 0.05) is 12.4 Å². The van der Waals surface area contributed by atoms with E-state index in [1.807, 2.05) is 38.1 Å². The normalized spacial score (nSPS) is 10.8. The smallest absolute Gasteiger partial charge is 0.317 e. The molecule has 3 aromatic rings. The Hall–Kier alpha value is -2.95. The number of carbonyl (C=O) groups excluding carboxylic acids is 1. The number of carbonyl (C=O) groups is 1. The molecule has 0 bridgehead atoms. The van der Waals surface area contributed by atoms with Crippen LogP contribution in [0.15, 0.2) is 47.3 Å². The van der Waals surface area contributed by atoms with Crippen molar-refractivity contribution in [3.05, 3.63) is 69.6 Å². The molecule has 1 heterocycles. The van der Waals surface area contributed by atoms with Crippen molar-refractivity contribution in [2.45, 2.75) is 20.3 Å². The molecule has 0 spiro atoms. The van der Waals surface area contributed by atoms with Crippen molar-refractivity contribution >= 4 is 16.7 Å². The maximum Gasteiger partial charge on any atom is 0.317 e. The average molecular weight is 322 g/mol. The Morgan fingerprint density at radius 3 is 2.33 bits per heavy atom. The van der Waals surface area contributed by atoms with E-state index < -0.39 is 5.97 Å². The molecule has 0 aliphatic rings. The molecule has 0 fully saturated rings. The molecule has 0 radical (unpaired) electrons. The van der Waals surface area contributed by atoms with Crippen molar-refractivity contribution in [3.63, 3.8) is 0 Å². The van der Waals surface area contributed by atoms with Crippen LogP contribution in [0.3, 0.4) is 0 Å². The first kappa shape index (κ1) is 15.9. The summed E-state index contributed by atoms with van der Waals surface area (Å²) in [5.41, 5.74) is 2.16. The van der Waals surface area contributed by atoms with Gasteiger partial charge in [0.1, 0.15) is 5.75 Å². The van der Waals surface area contributed by atoms with Gasteiger partial charge in [0.15, 0.2) is 0 Å². The molecule has 122 valence electrons. The van der Waals surface area contributed by atoms with Crippen LogP contribution in [0.5, 0.6) is 5.75 Å². The number of nitrogens with zero attached hydrogens (tertiary/aromatic N) is 2. The van der Waals surface area contributed by atoms with Gasteiger partial charge in [-0.3, -0.25) is 9.59 Å². The second-order valence-corrected chi connectivity index (χ2v) is 5.79. The Balaban J connectivity index is 1.94. The van der Waals surface area contributed by atoms with Crippen LogP contribution in [0.4, 0.5) is 0 Å². The number of rotatable bonds is 3. The molecule has 5 heteroatoms. The lowest BCUT2D eigenvalue weighted by Crippen LogP contribution is -2.23. The topological polar surface area (TPSA) is 61.2 Å². The molecule has 0 aliphatic heterocycles. The molecule has 2 aromatic carbocycles. The predicted molar refractivity (Wildman–Crippen MR) is 92.2 cm³/mol. The summed E-state index contributed by atoms with van der Waals surface area (Å²) in [5, 5.41) is 5.46. The van der Waals surface area contributed by atoms with Crippen LogP contribution >= 0.6 is 0 Å². The lowest BCUT2D eigenvalue weighted by Gasteiger charge is -2.11. The van der Waals surface area contributed by atoms with Crippen LogP contribution in [-0.2, 0) is 18.3 Å². The van der Waals surface area contributed by atoms with Crippen molar-refractivity contribution in [2.24, 2.45) is 7.05 Å². The number of para-hydroxylation sites is 1. The van der Waals surface area contributed by atoms with E-state index in [9.17, 15) is 9.59 Å². The Bertz CT molecular complexity index is 969. The first-order valence-corrected chi connectivity index (χ1v) is 7.69. The minimum Gasteiger partial charge on any atom is -0.426 e. The second kappa shape index (κ2) is 6.28. The highest BCUT2D eigenvalue weighted by Gasteiger charge is 2.15. The summed E-state index contributed by atoms with van der Waals surface area (Å²) in [6.45, 7) is 3.80. The second-order valence-electron chi connectivity index (χ2n) is 5.79. The van der Waals surface area contributed by atoms with E-state index in [4.69, 9.17) is 4.74 Å². The average Bonchev–Trinajstić information content (AvgIpc) is 2.56. The van der Waals surface area contributed by atoms with Gasteiger partial charge in [0.2, 0.25) is 0 Å². The standard InChI is InChI=1S/C19H18N2O3/c1-12-7-6-8-13(2)18(12)24-17(22)11-16-14-9-4-5-10-15(14)19(23)21(3)20-16/h4-10H,11H2,1-3H3. The summed E-state index contributed by atoms with van der Waals surface area (Å²) >= 11 is 0. The summed E-state index contributed by atoms with van der Waals surface area (Å²) in [4.78, 5) is 24.5.